The number of nitro benzene ring substituents is 1. The van der Waals surface area contributed by atoms with Crippen LogP contribution in [-0.4, -0.2) is 14.8 Å². The van der Waals surface area contributed by atoms with Crippen molar-refractivity contribution in [2.45, 2.75) is 0 Å². The molecule has 108 valence electrons. The Morgan fingerprint density at radius 2 is 1.76 bits per heavy atom. The summed E-state index contributed by atoms with van der Waals surface area (Å²) in [5.41, 5.74) is 4.66. The zero-order valence-corrected chi connectivity index (χ0v) is 11.0. The van der Waals surface area contributed by atoms with Crippen LogP contribution in [0.3, 0.4) is 0 Å². The predicted molar refractivity (Wildman–Crippen MR) is 73.5 cm³/mol. The van der Waals surface area contributed by atoms with Crippen LogP contribution in [-0.2, 0) is 0 Å². The molecular formula is C11H7ClN4O5. The van der Waals surface area contributed by atoms with E-state index in [9.17, 15) is 20.2 Å². The largest absolute Gasteiger partial charge is 0.430 e. The molecule has 21 heavy (non-hydrogen) atoms. The number of ether oxygens (including phenoxy) is 1. The SMILES string of the molecule is Nc1nc(Oc2c(Cl)cccc2[N+](=O)[O-])ccc1[N+](=O)[O-]. The standard InChI is InChI=1S/C11H7ClN4O5/c12-6-2-1-3-7(15(17)18)10(6)21-9-5-4-8(16(19)20)11(13)14-9/h1-5H,(H2,13,14). The molecule has 0 saturated heterocycles. The van der Waals surface area contributed by atoms with Gasteiger partial charge in [-0.3, -0.25) is 20.2 Å². The minimum absolute atomic E-state index is 0.00271. The fraction of sp³-hybridized carbons (Fsp3) is 0. The topological polar surface area (TPSA) is 134 Å². The summed E-state index contributed by atoms with van der Waals surface area (Å²) in [7, 11) is 0. The van der Waals surface area contributed by atoms with Crippen LogP contribution >= 0.6 is 11.6 Å². The molecule has 0 unspecified atom stereocenters. The van der Waals surface area contributed by atoms with Gasteiger partial charge in [-0.25, -0.2) is 0 Å². The molecule has 0 aliphatic carbocycles. The van der Waals surface area contributed by atoms with Crippen LogP contribution in [0.1, 0.15) is 0 Å². The van der Waals surface area contributed by atoms with Gasteiger partial charge in [-0.05, 0) is 6.07 Å². The Morgan fingerprint density at radius 3 is 2.33 bits per heavy atom. The lowest BCUT2D eigenvalue weighted by Gasteiger charge is -2.07. The Hall–Kier alpha value is -2.94. The van der Waals surface area contributed by atoms with Crippen LogP contribution in [0.4, 0.5) is 17.2 Å². The molecule has 2 rings (SSSR count). The quantitative estimate of drug-likeness (QED) is 0.677. The number of nitrogen functional groups attached to an aromatic ring is 1. The molecule has 1 aromatic carbocycles. The second-order valence-electron chi connectivity index (χ2n) is 3.76. The van der Waals surface area contributed by atoms with E-state index in [1.54, 1.807) is 0 Å². The maximum atomic E-state index is 10.9. The van der Waals surface area contributed by atoms with E-state index in [1.165, 1.54) is 24.3 Å². The van der Waals surface area contributed by atoms with Crippen LogP contribution in [0.5, 0.6) is 11.6 Å². The van der Waals surface area contributed by atoms with Gasteiger partial charge in [0.2, 0.25) is 17.4 Å². The normalized spacial score (nSPS) is 10.1. The first-order chi connectivity index (χ1) is 9.90. The molecule has 2 N–H and O–H groups in total. The molecule has 0 spiro atoms. The minimum atomic E-state index is -0.704. The summed E-state index contributed by atoms with van der Waals surface area (Å²) < 4.78 is 5.23. The Balaban J connectivity index is 2.41. The number of aromatic nitrogens is 1. The number of hydrogen-bond donors (Lipinski definition) is 1. The number of pyridine rings is 1. The number of nitrogens with zero attached hydrogens (tertiary/aromatic N) is 3. The highest BCUT2D eigenvalue weighted by atomic mass is 35.5. The molecule has 1 heterocycles. The average molecular weight is 311 g/mol. The number of rotatable bonds is 4. The molecule has 0 radical (unpaired) electrons. The van der Waals surface area contributed by atoms with Gasteiger partial charge in [0, 0.05) is 18.2 Å². The number of para-hydroxylation sites is 1. The lowest BCUT2D eigenvalue weighted by Crippen LogP contribution is -2.00. The van der Waals surface area contributed by atoms with Gasteiger partial charge >= 0.3 is 11.4 Å². The van der Waals surface area contributed by atoms with Gasteiger partial charge < -0.3 is 10.5 Å². The van der Waals surface area contributed by atoms with Gasteiger partial charge in [0.1, 0.15) is 0 Å². The van der Waals surface area contributed by atoms with Crippen molar-refractivity contribution < 1.29 is 14.6 Å². The molecular weight excluding hydrogens is 304 g/mol. The van der Waals surface area contributed by atoms with Gasteiger partial charge in [0.05, 0.1) is 14.9 Å². The molecule has 0 aliphatic rings. The van der Waals surface area contributed by atoms with Gasteiger partial charge in [-0.15, -0.1) is 0 Å². The van der Waals surface area contributed by atoms with Gasteiger partial charge in [-0.2, -0.15) is 4.98 Å². The molecule has 1 aromatic heterocycles. The van der Waals surface area contributed by atoms with Crippen LogP contribution in [0.25, 0.3) is 0 Å². The van der Waals surface area contributed by atoms with Gasteiger partial charge in [0.15, 0.2) is 0 Å². The Labute approximate surface area is 122 Å². The van der Waals surface area contributed by atoms with E-state index in [0.29, 0.717) is 0 Å². The Kier molecular flexibility index (Phi) is 3.85. The molecule has 2 aromatic rings. The summed E-state index contributed by atoms with van der Waals surface area (Å²) in [5.74, 6) is -0.730. The zero-order chi connectivity index (χ0) is 15.6. The third-order valence-electron chi connectivity index (χ3n) is 2.42. The summed E-state index contributed by atoms with van der Waals surface area (Å²) in [4.78, 5) is 23.8. The third-order valence-corrected chi connectivity index (χ3v) is 2.72. The molecule has 0 amide bonds. The lowest BCUT2D eigenvalue weighted by atomic mass is 10.3. The van der Waals surface area contributed by atoms with Crippen molar-refractivity contribution in [2.24, 2.45) is 0 Å². The fourth-order valence-electron chi connectivity index (χ4n) is 1.51. The van der Waals surface area contributed by atoms with E-state index in [2.05, 4.69) is 4.98 Å². The summed E-state index contributed by atoms with van der Waals surface area (Å²) >= 11 is 5.85. The number of hydrogen-bond acceptors (Lipinski definition) is 7. The summed E-state index contributed by atoms with van der Waals surface area (Å²) in [5, 5.41) is 21.5. The second kappa shape index (κ2) is 5.59. The maximum absolute atomic E-state index is 10.9. The highest BCUT2D eigenvalue weighted by Crippen LogP contribution is 2.37. The number of nitrogens with two attached hydrogens (primary N) is 1. The molecule has 0 saturated carbocycles. The monoisotopic (exact) mass is 310 g/mol. The highest BCUT2D eigenvalue weighted by molar-refractivity contribution is 6.32. The summed E-state index contributed by atoms with van der Waals surface area (Å²) in [6, 6.07) is 6.25. The first kappa shape index (κ1) is 14.5. The number of anilines is 1. The first-order valence-electron chi connectivity index (χ1n) is 5.42. The van der Waals surface area contributed by atoms with Crippen molar-refractivity contribution in [3.8, 4) is 11.6 Å². The van der Waals surface area contributed by atoms with Crippen molar-refractivity contribution in [3.63, 3.8) is 0 Å². The Morgan fingerprint density at radius 1 is 1.10 bits per heavy atom. The maximum Gasteiger partial charge on any atom is 0.313 e. The molecule has 9 nitrogen and oxygen atoms in total. The number of benzene rings is 1. The van der Waals surface area contributed by atoms with Gasteiger partial charge in [-0.1, -0.05) is 17.7 Å². The smallest absolute Gasteiger partial charge is 0.313 e. The number of halogens is 1. The minimum Gasteiger partial charge on any atom is -0.430 e. The van der Waals surface area contributed by atoms with Crippen molar-refractivity contribution in [2.75, 3.05) is 5.73 Å². The third kappa shape index (κ3) is 2.98. The molecule has 0 atom stereocenters. The lowest BCUT2D eigenvalue weighted by molar-refractivity contribution is -0.385. The van der Waals surface area contributed by atoms with Gasteiger partial charge in [0.25, 0.3) is 0 Å². The van der Waals surface area contributed by atoms with E-state index in [0.717, 1.165) is 6.07 Å². The van der Waals surface area contributed by atoms with Crippen LogP contribution in [0.15, 0.2) is 30.3 Å². The summed E-state index contributed by atoms with van der Waals surface area (Å²) in [6.45, 7) is 0. The number of nitro groups is 2. The van der Waals surface area contributed by atoms with Crippen molar-refractivity contribution >= 4 is 28.8 Å². The average Bonchev–Trinajstić information content (AvgIpc) is 2.40. The van der Waals surface area contributed by atoms with Crippen molar-refractivity contribution in [3.05, 3.63) is 55.6 Å². The van der Waals surface area contributed by atoms with Crippen LogP contribution in [0, 0.1) is 20.2 Å². The van der Waals surface area contributed by atoms with Crippen molar-refractivity contribution in [1.82, 2.24) is 4.98 Å². The van der Waals surface area contributed by atoms with Crippen molar-refractivity contribution in [1.29, 1.82) is 0 Å². The Bertz CT molecular complexity index is 737. The van der Waals surface area contributed by atoms with E-state index in [1.807, 2.05) is 0 Å². The predicted octanol–water partition coefficient (Wildman–Crippen LogP) is 2.93. The van der Waals surface area contributed by atoms with E-state index in [-0.39, 0.29) is 28.2 Å². The molecule has 0 bridgehead atoms. The fourth-order valence-corrected chi connectivity index (χ4v) is 1.72. The second-order valence-corrected chi connectivity index (χ2v) is 4.17. The first-order valence-corrected chi connectivity index (χ1v) is 5.79. The zero-order valence-electron chi connectivity index (χ0n) is 10.2. The van der Waals surface area contributed by atoms with Crippen LogP contribution in [0.2, 0.25) is 5.02 Å². The van der Waals surface area contributed by atoms with E-state index in [4.69, 9.17) is 22.1 Å². The highest BCUT2D eigenvalue weighted by Gasteiger charge is 2.21. The molecule has 0 fully saturated rings. The van der Waals surface area contributed by atoms with Crippen LogP contribution < -0.4 is 10.5 Å². The van der Waals surface area contributed by atoms with E-state index < -0.39 is 15.5 Å². The van der Waals surface area contributed by atoms with E-state index >= 15 is 0 Å². The summed E-state index contributed by atoms with van der Waals surface area (Å²) in [6.07, 6.45) is 0. The molecule has 0 aliphatic heterocycles. The molecule has 10 heteroatoms.